The van der Waals surface area contributed by atoms with Crippen LogP contribution < -0.4 is 16.0 Å². The number of rotatable bonds is 17. The fraction of sp³-hybridized carbons (Fsp3) is 0.500. The lowest BCUT2D eigenvalue weighted by molar-refractivity contribution is -0.134. The van der Waals surface area contributed by atoms with E-state index in [1.54, 1.807) is 0 Å². The fourth-order valence-corrected chi connectivity index (χ4v) is 5.38. The summed E-state index contributed by atoms with van der Waals surface area (Å²) in [5, 5.41) is 23.2. The number of nitrogens with one attached hydrogen (secondary N) is 3. The number of fused-ring (bicyclic) bond motifs is 1. The van der Waals surface area contributed by atoms with Crippen molar-refractivity contribution in [1.29, 1.82) is 0 Å². The van der Waals surface area contributed by atoms with Crippen LogP contribution in [0.2, 0.25) is 0 Å². The van der Waals surface area contributed by atoms with Crippen molar-refractivity contribution < 1.29 is 19.4 Å². The third kappa shape index (κ3) is 10.4. The highest BCUT2D eigenvalue weighted by Gasteiger charge is 2.33. The average Bonchev–Trinajstić information content (AvgIpc) is 3.00. The van der Waals surface area contributed by atoms with E-state index in [-0.39, 0.29) is 42.2 Å². The lowest BCUT2D eigenvalue weighted by atomic mass is 9.86. The van der Waals surface area contributed by atoms with E-state index < -0.39 is 18.1 Å². The predicted molar refractivity (Wildman–Crippen MR) is 174 cm³/mol. The zero-order valence-corrected chi connectivity index (χ0v) is 26.7. The van der Waals surface area contributed by atoms with Crippen LogP contribution in [0.15, 0.2) is 72.8 Å². The minimum absolute atomic E-state index is 0.0316. The van der Waals surface area contributed by atoms with Gasteiger partial charge in [0.25, 0.3) is 0 Å². The molecule has 0 aromatic heterocycles. The molecular weight excluding hydrogens is 538 g/mol. The Labute approximate surface area is 257 Å². The molecule has 3 aromatic rings. The summed E-state index contributed by atoms with van der Waals surface area (Å²) in [6.45, 7) is 13.1. The molecule has 3 aromatic carbocycles. The van der Waals surface area contributed by atoms with Crippen LogP contribution in [0.25, 0.3) is 10.8 Å². The van der Waals surface area contributed by atoms with Gasteiger partial charge in [-0.2, -0.15) is 0 Å². The number of hydrogen-bond acceptors (Lipinski definition) is 5. The van der Waals surface area contributed by atoms with Crippen LogP contribution in [-0.2, 0) is 27.5 Å². The molecule has 0 radical (unpaired) electrons. The summed E-state index contributed by atoms with van der Waals surface area (Å²) in [6, 6.07) is 23.2. The zero-order valence-electron chi connectivity index (χ0n) is 26.7. The summed E-state index contributed by atoms with van der Waals surface area (Å²) < 4.78 is 6.14. The Morgan fingerprint density at radius 1 is 0.860 bits per heavy atom. The highest BCUT2D eigenvalue weighted by atomic mass is 16.5. The molecule has 3 rings (SSSR count). The normalized spacial score (nSPS) is 15.2. The summed E-state index contributed by atoms with van der Waals surface area (Å²) in [7, 11) is 0. The van der Waals surface area contributed by atoms with Gasteiger partial charge in [-0.1, -0.05) is 121 Å². The number of ether oxygens (including phenoxy) is 1. The molecule has 0 fully saturated rings. The predicted octanol–water partition coefficient (Wildman–Crippen LogP) is 5.59. The largest absolute Gasteiger partial charge is 0.391 e. The van der Waals surface area contributed by atoms with Crippen molar-refractivity contribution in [2.45, 2.75) is 91.8 Å². The van der Waals surface area contributed by atoms with Gasteiger partial charge in [-0.15, -0.1) is 0 Å². The van der Waals surface area contributed by atoms with Gasteiger partial charge in [0.1, 0.15) is 6.04 Å². The van der Waals surface area contributed by atoms with E-state index in [1.807, 2.05) is 90.1 Å². The molecule has 2 amide bonds. The molecule has 0 spiro atoms. The van der Waals surface area contributed by atoms with Crippen molar-refractivity contribution in [2.24, 2.45) is 17.8 Å². The Morgan fingerprint density at radius 3 is 2.21 bits per heavy atom. The first-order chi connectivity index (χ1) is 20.6. The van der Waals surface area contributed by atoms with Gasteiger partial charge in [-0.25, -0.2) is 0 Å². The molecule has 0 bridgehead atoms. The second-order valence-electron chi connectivity index (χ2n) is 12.3. The topological polar surface area (TPSA) is 99.7 Å². The maximum absolute atomic E-state index is 13.6. The van der Waals surface area contributed by atoms with Crippen molar-refractivity contribution in [1.82, 2.24) is 16.0 Å². The molecule has 0 saturated carbocycles. The third-order valence-electron chi connectivity index (χ3n) is 8.19. The van der Waals surface area contributed by atoms with Crippen LogP contribution >= 0.6 is 0 Å². The number of carbonyl (C=O) groups is 2. The lowest BCUT2D eigenvalue weighted by Gasteiger charge is -2.31. The van der Waals surface area contributed by atoms with Gasteiger partial charge in [0.15, 0.2) is 0 Å². The van der Waals surface area contributed by atoms with Crippen molar-refractivity contribution in [3.63, 3.8) is 0 Å². The molecule has 0 heterocycles. The summed E-state index contributed by atoms with van der Waals surface area (Å²) in [5.41, 5.74) is 2.09. The highest BCUT2D eigenvalue weighted by molar-refractivity contribution is 5.89. The second kappa shape index (κ2) is 17.1. The van der Waals surface area contributed by atoms with E-state index in [2.05, 4.69) is 40.2 Å². The summed E-state index contributed by atoms with van der Waals surface area (Å²) in [6.07, 6.45) is 0.180. The van der Waals surface area contributed by atoms with E-state index in [0.29, 0.717) is 19.8 Å². The van der Waals surface area contributed by atoms with Crippen LogP contribution in [0.1, 0.15) is 65.5 Å². The van der Waals surface area contributed by atoms with Gasteiger partial charge in [0.2, 0.25) is 11.8 Å². The quantitative estimate of drug-likeness (QED) is 0.164. The molecule has 0 saturated heterocycles. The van der Waals surface area contributed by atoms with Crippen LogP contribution in [0.3, 0.4) is 0 Å². The van der Waals surface area contributed by atoms with Gasteiger partial charge in [-0.05, 0) is 40.2 Å². The van der Waals surface area contributed by atoms with E-state index in [1.165, 1.54) is 0 Å². The van der Waals surface area contributed by atoms with E-state index in [0.717, 1.165) is 28.3 Å². The number of carbonyl (C=O) groups excluding carboxylic acids is 2. The Kier molecular flexibility index (Phi) is 13.6. The molecule has 234 valence electrons. The Balaban J connectivity index is 1.65. The Hall–Kier alpha value is -3.26. The smallest absolute Gasteiger partial charge is 0.243 e. The molecule has 4 N–H and O–H groups in total. The number of amides is 2. The molecular formula is C36H51N3O4. The Bertz CT molecular complexity index is 1270. The Morgan fingerprint density at radius 2 is 1.53 bits per heavy atom. The van der Waals surface area contributed by atoms with Gasteiger partial charge in [-0.3, -0.25) is 9.59 Å². The standard InChI is InChI=1S/C36H51N3O4/c1-7-26(6)34(36(42)37-21-27-14-9-8-10-15-27)39-35(41)31(24(2)3)20-33(40)32(38-25(4)5)23-43-22-29-18-13-17-28-16-11-12-19-30(28)29/h8-19,24-26,31-34,38,40H,7,20-23H2,1-6H3,(H,37,42)(H,39,41)/t26-,31-,32-,33-,34-/m0/s1. The van der Waals surface area contributed by atoms with Gasteiger partial charge >= 0.3 is 0 Å². The minimum Gasteiger partial charge on any atom is -0.391 e. The molecule has 0 unspecified atom stereocenters. The number of hydrogen-bond donors (Lipinski definition) is 4. The zero-order chi connectivity index (χ0) is 31.4. The number of benzene rings is 3. The first-order valence-corrected chi connectivity index (χ1v) is 15.7. The van der Waals surface area contributed by atoms with Crippen molar-refractivity contribution in [3.8, 4) is 0 Å². The molecule has 5 atom stereocenters. The second-order valence-corrected chi connectivity index (χ2v) is 12.3. The lowest BCUT2D eigenvalue weighted by Crippen LogP contribution is -2.53. The number of aliphatic hydroxyl groups excluding tert-OH is 1. The van der Waals surface area contributed by atoms with Crippen molar-refractivity contribution in [2.75, 3.05) is 6.61 Å². The summed E-state index contributed by atoms with van der Waals surface area (Å²) in [5.74, 6) is -0.964. The number of aliphatic hydroxyl groups is 1. The van der Waals surface area contributed by atoms with Crippen LogP contribution in [-0.4, -0.2) is 47.8 Å². The molecule has 0 aliphatic heterocycles. The minimum atomic E-state index is -0.818. The molecule has 7 heteroatoms. The van der Waals surface area contributed by atoms with E-state index in [9.17, 15) is 14.7 Å². The summed E-state index contributed by atoms with van der Waals surface area (Å²) in [4.78, 5) is 26.9. The maximum atomic E-state index is 13.6. The van der Waals surface area contributed by atoms with E-state index >= 15 is 0 Å². The van der Waals surface area contributed by atoms with E-state index in [4.69, 9.17) is 4.74 Å². The van der Waals surface area contributed by atoms with Crippen LogP contribution in [0.5, 0.6) is 0 Å². The van der Waals surface area contributed by atoms with Gasteiger partial charge < -0.3 is 25.8 Å². The average molecular weight is 590 g/mol. The van der Waals surface area contributed by atoms with Crippen LogP contribution in [0.4, 0.5) is 0 Å². The maximum Gasteiger partial charge on any atom is 0.243 e. The first-order valence-electron chi connectivity index (χ1n) is 15.7. The molecule has 43 heavy (non-hydrogen) atoms. The van der Waals surface area contributed by atoms with Crippen molar-refractivity contribution >= 4 is 22.6 Å². The van der Waals surface area contributed by atoms with Crippen molar-refractivity contribution in [3.05, 3.63) is 83.9 Å². The van der Waals surface area contributed by atoms with Crippen LogP contribution in [0, 0.1) is 17.8 Å². The van der Waals surface area contributed by atoms with Gasteiger partial charge in [0.05, 0.1) is 25.4 Å². The van der Waals surface area contributed by atoms with Gasteiger partial charge in [0, 0.05) is 18.5 Å². The molecule has 7 nitrogen and oxygen atoms in total. The summed E-state index contributed by atoms with van der Waals surface area (Å²) >= 11 is 0. The molecule has 0 aliphatic rings. The molecule has 0 aliphatic carbocycles. The highest BCUT2D eigenvalue weighted by Crippen LogP contribution is 2.22. The monoisotopic (exact) mass is 589 g/mol. The third-order valence-corrected chi connectivity index (χ3v) is 8.19. The first kappa shape index (κ1) is 34.2. The SMILES string of the molecule is CC[C@H](C)[C@H](NC(=O)[C@@H](C[C@H](O)[C@H](COCc1cccc2ccccc12)NC(C)C)C(C)C)C(=O)NCc1ccccc1. The fourth-order valence-electron chi connectivity index (χ4n) is 5.38.